The first-order chi connectivity index (χ1) is 12.6. The van der Waals surface area contributed by atoms with Crippen molar-refractivity contribution < 1.29 is 0 Å². The lowest BCUT2D eigenvalue weighted by Gasteiger charge is -2.23. The molecule has 0 radical (unpaired) electrons. The first-order valence-electron chi connectivity index (χ1n) is 9.26. The Labute approximate surface area is 161 Å². The first-order valence-corrected chi connectivity index (χ1v) is 10.1. The Balaban J connectivity index is 1.80. The quantitative estimate of drug-likeness (QED) is 0.524. The molecule has 1 atom stereocenters. The summed E-state index contributed by atoms with van der Waals surface area (Å²) in [6.45, 7) is 9.79. The van der Waals surface area contributed by atoms with Crippen LogP contribution in [0.3, 0.4) is 0 Å². The molecule has 0 aliphatic heterocycles. The fraction of sp³-hybridized carbons (Fsp3) is 0.500. The van der Waals surface area contributed by atoms with E-state index in [9.17, 15) is 0 Å². The van der Waals surface area contributed by atoms with Crippen molar-refractivity contribution in [3.05, 3.63) is 52.0 Å². The van der Waals surface area contributed by atoms with Gasteiger partial charge in [-0.3, -0.25) is 9.89 Å². The zero-order chi connectivity index (χ0) is 18.8. The van der Waals surface area contributed by atoms with E-state index in [2.05, 4.69) is 78.7 Å². The van der Waals surface area contributed by atoms with Gasteiger partial charge < -0.3 is 10.6 Å². The van der Waals surface area contributed by atoms with Crippen molar-refractivity contribution in [1.82, 2.24) is 20.5 Å². The Morgan fingerprint density at radius 3 is 2.69 bits per heavy atom. The summed E-state index contributed by atoms with van der Waals surface area (Å²) in [6.07, 6.45) is 2.86. The molecule has 26 heavy (non-hydrogen) atoms. The lowest BCUT2D eigenvalue weighted by atomic mass is 10.2. The summed E-state index contributed by atoms with van der Waals surface area (Å²) in [5.41, 5.74) is 1.33. The number of guanidine groups is 1. The summed E-state index contributed by atoms with van der Waals surface area (Å²) >= 11 is 1.76. The molecule has 0 saturated heterocycles. The van der Waals surface area contributed by atoms with Crippen molar-refractivity contribution in [2.45, 2.75) is 39.8 Å². The highest BCUT2D eigenvalue weighted by Crippen LogP contribution is 2.11. The third-order valence-corrected chi connectivity index (χ3v) is 5.16. The van der Waals surface area contributed by atoms with Crippen LogP contribution in [0.25, 0.3) is 0 Å². The van der Waals surface area contributed by atoms with E-state index in [1.165, 1.54) is 15.4 Å². The van der Waals surface area contributed by atoms with Gasteiger partial charge in [0, 0.05) is 43.2 Å². The predicted molar refractivity (Wildman–Crippen MR) is 112 cm³/mol. The van der Waals surface area contributed by atoms with Crippen molar-refractivity contribution >= 4 is 17.3 Å². The molecule has 5 nitrogen and oxygen atoms in total. The van der Waals surface area contributed by atoms with Gasteiger partial charge in [0.25, 0.3) is 0 Å². The molecule has 1 heterocycles. The molecule has 2 N–H and O–H groups in total. The molecule has 0 spiro atoms. The second-order valence-corrected chi connectivity index (χ2v) is 7.83. The van der Waals surface area contributed by atoms with Crippen LogP contribution in [-0.4, -0.2) is 48.6 Å². The van der Waals surface area contributed by atoms with Gasteiger partial charge >= 0.3 is 0 Å². The Morgan fingerprint density at radius 1 is 1.27 bits per heavy atom. The van der Waals surface area contributed by atoms with Gasteiger partial charge in [0.1, 0.15) is 0 Å². The monoisotopic (exact) mass is 373 g/mol. The SMILES string of the molecule is CCNC(=NCC(C)N(C)Cc1ccccc1)NCCc1ncc(C)s1. The third kappa shape index (κ3) is 7.14. The number of hydrogen-bond acceptors (Lipinski definition) is 4. The normalized spacial score (nSPS) is 13.0. The van der Waals surface area contributed by atoms with Crippen LogP contribution >= 0.6 is 11.3 Å². The zero-order valence-corrected chi connectivity index (χ0v) is 17.1. The van der Waals surface area contributed by atoms with Crippen LogP contribution in [0.15, 0.2) is 41.5 Å². The highest BCUT2D eigenvalue weighted by Gasteiger charge is 2.09. The molecule has 0 amide bonds. The standard InChI is InChI=1S/C20H31N5S/c1-5-21-20(22-12-11-19-23-14-17(3)26-19)24-13-16(2)25(4)15-18-9-7-6-8-10-18/h6-10,14,16H,5,11-13,15H2,1-4H3,(H2,21,22,24). The summed E-state index contributed by atoms with van der Waals surface area (Å²) in [5.74, 6) is 0.876. The molecule has 1 aromatic carbocycles. The van der Waals surface area contributed by atoms with E-state index in [0.717, 1.165) is 38.6 Å². The summed E-state index contributed by atoms with van der Waals surface area (Å²) < 4.78 is 0. The predicted octanol–water partition coefficient (Wildman–Crippen LogP) is 3.07. The number of benzene rings is 1. The number of likely N-dealkylation sites (N-methyl/N-ethyl adjacent to an activating group) is 1. The number of nitrogens with one attached hydrogen (secondary N) is 2. The molecule has 0 aliphatic rings. The van der Waals surface area contributed by atoms with Gasteiger partial charge in [-0.1, -0.05) is 30.3 Å². The average molecular weight is 374 g/mol. The van der Waals surface area contributed by atoms with Gasteiger partial charge in [-0.05, 0) is 33.4 Å². The molecule has 1 unspecified atom stereocenters. The number of thiazole rings is 1. The second kappa shape index (κ2) is 10.9. The van der Waals surface area contributed by atoms with E-state index in [0.29, 0.717) is 6.04 Å². The van der Waals surface area contributed by atoms with Gasteiger partial charge in [0.2, 0.25) is 0 Å². The second-order valence-electron chi connectivity index (χ2n) is 6.51. The molecule has 2 aromatic rings. The van der Waals surface area contributed by atoms with Crippen LogP contribution in [-0.2, 0) is 13.0 Å². The van der Waals surface area contributed by atoms with Gasteiger partial charge in [-0.25, -0.2) is 4.98 Å². The number of aliphatic imine (C=N–C) groups is 1. The van der Waals surface area contributed by atoms with Crippen molar-refractivity contribution in [3.63, 3.8) is 0 Å². The Kier molecular flexibility index (Phi) is 8.58. The Morgan fingerprint density at radius 2 is 2.04 bits per heavy atom. The highest BCUT2D eigenvalue weighted by molar-refractivity contribution is 7.11. The third-order valence-electron chi connectivity index (χ3n) is 4.19. The largest absolute Gasteiger partial charge is 0.357 e. The van der Waals surface area contributed by atoms with Crippen LogP contribution in [0, 0.1) is 6.92 Å². The minimum Gasteiger partial charge on any atom is -0.357 e. The van der Waals surface area contributed by atoms with E-state index in [1.807, 2.05) is 6.20 Å². The Bertz CT molecular complexity index is 668. The average Bonchev–Trinajstić information content (AvgIpc) is 3.05. The smallest absolute Gasteiger partial charge is 0.191 e. The fourth-order valence-electron chi connectivity index (χ4n) is 2.54. The summed E-state index contributed by atoms with van der Waals surface area (Å²) in [7, 11) is 2.15. The minimum atomic E-state index is 0.368. The summed E-state index contributed by atoms with van der Waals surface area (Å²) in [6, 6.07) is 10.9. The van der Waals surface area contributed by atoms with E-state index >= 15 is 0 Å². The van der Waals surface area contributed by atoms with Crippen LogP contribution in [0.4, 0.5) is 0 Å². The van der Waals surface area contributed by atoms with Crippen molar-refractivity contribution in [2.24, 2.45) is 4.99 Å². The van der Waals surface area contributed by atoms with Gasteiger partial charge in [-0.15, -0.1) is 11.3 Å². The number of nitrogens with zero attached hydrogens (tertiary/aromatic N) is 3. The van der Waals surface area contributed by atoms with Crippen LogP contribution in [0.1, 0.15) is 29.3 Å². The van der Waals surface area contributed by atoms with Crippen molar-refractivity contribution in [2.75, 3.05) is 26.7 Å². The van der Waals surface area contributed by atoms with E-state index < -0.39 is 0 Å². The van der Waals surface area contributed by atoms with E-state index in [-0.39, 0.29) is 0 Å². The lowest BCUT2D eigenvalue weighted by molar-refractivity contribution is 0.255. The maximum absolute atomic E-state index is 4.75. The van der Waals surface area contributed by atoms with Gasteiger partial charge in [-0.2, -0.15) is 0 Å². The minimum absolute atomic E-state index is 0.368. The fourth-order valence-corrected chi connectivity index (χ4v) is 3.32. The lowest BCUT2D eigenvalue weighted by Crippen LogP contribution is -2.40. The molecule has 0 bridgehead atoms. The van der Waals surface area contributed by atoms with Crippen LogP contribution in [0.5, 0.6) is 0 Å². The molecule has 0 saturated carbocycles. The molecule has 1 aromatic heterocycles. The molecule has 2 rings (SSSR count). The topological polar surface area (TPSA) is 52.6 Å². The molecule has 6 heteroatoms. The summed E-state index contributed by atoms with van der Waals surface area (Å²) in [5, 5.41) is 7.90. The maximum Gasteiger partial charge on any atom is 0.191 e. The van der Waals surface area contributed by atoms with Crippen molar-refractivity contribution in [1.29, 1.82) is 0 Å². The number of aromatic nitrogens is 1. The molecule has 142 valence electrons. The number of aryl methyl sites for hydroxylation is 1. The number of hydrogen-bond donors (Lipinski definition) is 2. The van der Waals surface area contributed by atoms with E-state index in [4.69, 9.17) is 4.99 Å². The molecular weight excluding hydrogens is 342 g/mol. The summed E-state index contributed by atoms with van der Waals surface area (Å²) in [4.78, 5) is 12.7. The van der Waals surface area contributed by atoms with Crippen LogP contribution < -0.4 is 10.6 Å². The van der Waals surface area contributed by atoms with Gasteiger partial charge in [0.15, 0.2) is 5.96 Å². The maximum atomic E-state index is 4.75. The van der Waals surface area contributed by atoms with Gasteiger partial charge in [0.05, 0.1) is 11.6 Å². The highest BCUT2D eigenvalue weighted by atomic mass is 32.1. The first kappa shape index (κ1) is 20.4. The molecule has 0 aliphatic carbocycles. The van der Waals surface area contributed by atoms with Crippen LogP contribution in [0.2, 0.25) is 0 Å². The number of rotatable bonds is 9. The molecule has 0 fully saturated rings. The Hall–Kier alpha value is -1.92. The molecular formula is C20H31N5S. The van der Waals surface area contributed by atoms with Crippen molar-refractivity contribution in [3.8, 4) is 0 Å². The zero-order valence-electron chi connectivity index (χ0n) is 16.3. The van der Waals surface area contributed by atoms with E-state index in [1.54, 1.807) is 11.3 Å².